The van der Waals surface area contributed by atoms with Gasteiger partial charge in [-0.25, -0.2) is 0 Å². The summed E-state index contributed by atoms with van der Waals surface area (Å²) in [5.41, 5.74) is 0.954. The van der Waals surface area contributed by atoms with Crippen molar-refractivity contribution in [1.82, 2.24) is 0 Å². The smallest absolute Gasteiger partial charge is 0.145 e. The molecule has 0 saturated carbocycles. The molecule has 2 aromatic carbocycles. The molecule has 18 heavy (non-hydrogen) atoms. The third-order valence-corrected chi connectivity index (χ3v) is 2.75. The summed E-state index contributed by atoms with van der Waals surface area (Å²) >= 11 is 3.30. The highest BCUT2D eigenvalue weighted by Crippen LogP contribution is 2.27. The zero-order chi connectivity index (χ0) is 13.0. The van der Waals surface area contributed by atoms with Crippen molar-refractivity contribution in [3.63, 3.8) is 0 Å². The van der Waals surface area contributed by atoms with Crippen molar-refractivity contribution in [3.8, 4) is 23.6 Å². The predicted octanol–water partition coefficient (Wildman–Crippen LogP) is 3.98. The summed E-state index contributed by atoms with van der Waals surface area (Å²) in [7, 11) is 0. The fourth-order valence-electron chi connectivity index (χ4n) is 1.43. The summed E-state index contributed by atoms with van der Waals surface area (Å²) in [4.78, 5) is 0. The standard InChI is InChI=1S/C14H7BrN2O/c15-12-4-5-14(11(7-12)9-17)18-13-3-1-2-10(6-13)8-16/h1-7H. The van der Waals surface area contributed by atoms with Crippen LogP contribution >= 0.6 is 15.9 Å². The molecule has 0 saturated heterocycles. The molecule has 0 fully saturated rings. The Hall–Kier alpha value is -2.30. The molecule has 86 valence electrons. The van der Waals surface area contributed by atoms with Crippen LogP contribution in [0.5, 0.6) is 11.5 Å². The van der Waals surface area contributed by atoms with Crippen molar-refractivity contribution >= 4 is 15.9 Å². The van der Waals surface area contributed by atoms with Crippen molar-refractivity contribution in [2.75, 3.05) is 0 Å². The maximum Gasteiger partial charge on any atom is 0.145 e. The Bertz CT molecular complexity index is 668. The number of benzene rings is 2. The van der Waals surface area contributed by atoms with Gasteiger partial charge in [-0.3, -0.25) is 0 Å². The minimum absolute atomic E-state index is 0.437. The summed E-state index contributed by atoms with van der Waals surface area (Å²) in [6.07, 6.45) is 0. The maximum absolute atomic E-state index is 9.02. The first-order valence-electron chi connectivity index (χ1n) is 5.10. The van der Waals surface area contributed by atoms with Gasteiger partial charge in [0, 0.05) is 4.47 Å². The van der Waals surface area contributed by atoms with E-state index in [1.165, 1.54) is 0 Å². The Morgan fingerprint density at radius 2 is 1.83 bits per heavy atom. The highest BCUT2D eigenvalue weighted by molar-refractivity contribution is 9.10. The van der Waals surface area contributed by atoms with Crippen LogP contribution in [-0.4, -0.2) is 0 Å². The summed E-state index contributed by atoms with van der Waals surface area (Å²) in [6.45, 7) is 0. The Morgan fingerprint density at radius 3 is 2.56 bits per heavy atom. The minimum atomic E-state index is 0.437. The third-order valence-electron chi connectivity index (χ3n) is 2.25. The SMILES string of the molecule is N#Cc1cccc(Oc2ccc(Br)cc2C#N)c1. The second-order valence-electron chi connectivity index (χ2n) is 3.49. The van der Waals surface area contributed by atoms with Gasteiger partial charge in [0.15, 0.2) is 0 Å². The summed E-state index contributed by atoms with van der Waals surface area (Å²) in [6, 6.07) is 16.1. The first-order valence-corrected chi connectivity index (χ1v) is 5.90. The molecular weight excluding hydrogens is 292 g/mol. The number of halogens is 1. The minimum Gasteiger partial charge on any atom is -0.456 e. The van der Waals surface area contributed by atoms with Gasteiger partial charge < -0.3 is 4.74 Å². The van der Waals surface area contributed by atoms with Gasteiger partial charge >= 0.3 is 0 Å². The van der Waals surface area contributed by atoms with Gasteiger partial charge in [0.05, 0.1) is 17.2 Å². The van der Waals surface area contributed by atoms with E-state index >= 15 is 0 Å². The van der Waals surface area contributed by atoms with Crippen LogP contribution in [0, 0.1) is 22.7 Å². The van der Waals surface area contributed by atoms with Crippen LogP contribution in [0.3, 0.4) is 0 Å². The van der Waals surface area contributed by atoms with E-state index < -0.39 is 0 Å². The molecule has 2 rings (SSSR count). The molecule has 4 heteroatoms. The van der Waals surface area contributed by atoms with Crippen molar-refractivity contribution in [3.05, 3.63) is 58.1 Å². The number of nitrogens with zero attached hydrogens (tertiary/aromatic N) is 2. The van der Waals surface area contributed by atoms with Crippen LogP contribution in [0.25, 0.3) is 0 Å². The Balaban J connectivity index is 2.35. The zero-order valence-corrected chi connectivity index (χ0v) is 10.8. The Kier molecular flexibility index (Phi) is 3.62. The Morgan fingerprint density at radius 1 is 1.00 bits per heavy atom. The molecule has 0 atom stereocenters. The second kappa shape index (κ2) is 5.35. The summed E-state index contributed by atoms with van der Waals surface area (Å²) < 4.78 is 6.42. The molecule has 0 aliphatic rings. The average Bonchev–Trinajstić information content (AvgIpc) is 2.41. The number of hydrogen-bond acceptors (Lipinski definition) is 3. The number of nitriles is 2. The second-order valence-corrected chi connectivity index (χ2v) is 4.41. The van der Waals surface area contributed by atoms with E-state index in [-0.39, 0.29) is 0 Å². The molecule has 0 N–H and O–H groups in total. The predicted molar refractivity (Wildman–Crippen MR) is 70.1 cm³/mol. The van der Waals surface area contributed by atoms with Gasteiger partial charge in [-0.05, 0) is 36.4 Å². The monoisotopic (exact) mass is 298 g/mol. The normalized spacial score (nSPS) is 9.28. The van der Waals surface area contributed by atoms with Crippen LogP contribution in [0.15, 0.2) is 46.9 Å². The molecule has 0 heterocycles. The van der Waals surface area contributed by atoms with E-state index in [9.17, 15) is 0 Å². The van der Waals surface area contributed by atoms with Gasteiger partial charge in [0.25, 0.3) is 0 Å². The molecule has 0 bridgehead atoms. The fraction of sp³-hybridized carbons (Fsp3) is 0. The topological polar surface area (TPSA) is 56.8 Å². The van der Waals surface area contributed by atoms with Gasteiger partial charge in [0.2, 0.25) is 0 Å². The Labute approximate surface area is 113 Å². The van der Waals surface area contributed by atoms with Crippen LogP contribution in [-0.2, 0) is 0 Å². The molecule has 0 radical (unpaired) electrons. The van der Waals surface area contributed by atoms with Crippen LogP contribution in [0.2, 0.25) is 0 Å². The van der Waals surface area contributed by atoms with E-state index in [0.717, 1.165) is 4.47 Å². The van der Waals surface area contributed by atoms with E-state index in [4.69, 9.17) is 15.3 Å². The highest BCUT2D eigenvalue weighted by atomic mass is 79.9. The summed E-state index contributed by atoms with van der Waals surface area (Å²) in [5.74, 6) is 1.00. The highest BCUT2D eigenvalue weighted by Gasteiger charge is 2.05. The fourth-order valence-corrected chi connectivity index (χ4v) is 1.80. The van der Waals surface area contributed by atoms with Crippen molar-refractivity contribution in [2.45, 2.75) is 0 Å². The molecule has 2 aromatic rings. The lowest BCUT2D eigenvalue weighted by atomic mass is 10.2. The number of ether oxygens (including phenoxy) is 1. The van der Waals surface area contributed by atoms with E-state index in [1.807, 2.05) is 6.07 Å². The molecule has 0 aliphatic heterocycles. The number of rotatable bonds is 2. The lowest BCUT2D eigenvalue weighted by Gasteiger charge is -2.07. The van der Waals surface area contributed by atoms with Crippen LogP contribution in [0.4, 0.5) is 0 Å². The van der Waals surface area contributed by atoms with Crippen LogP contribution < -0.4 is 4.74 Å². The van der Waals surface area contributed by atoms with Gasteiger partial charge in [0.1, 0.15) is 17.6 Å². The molecule has 0 aliphatic carbocycles. The van der Waals surface area contributed by atoms with Gasteiger partial charge in [-0.2, -0.15) is 10.5 Å². The van der Waals surface area contributed by atoms with Crippen LogP contribution in [0.1, 0.15) is 11.1 Å². The molecule has 3 nitrogen and oxygen atoms in total. The maximum atomic E-state index is 9.02. The molecular formula is C14H7BrN2O. The third kappa shape index (κ3) is 2.68. The van der Waals surface area contributed by atoms with Gasteiger partial charge in [-0.1, -0.05) is 22.0 Å². The van der Waals surface area contributed by atoms with Crippen molar-refractivity contribution in [2.24, 2.45) is 0 Å². The van der Waals surface area contributed by atoms with Crippen molar-refractivity contribution < 1.29 is 4.74 Å². The van der Waals surface area contributed by atoms with Gasteiger partial charge in [-0.15, -0.1) is 0 Å². The van der Waals surface area contributed by atoms with E-state index in [0.29, 0.717) is 22.6 Å². The quantitative estimate of drug-likeness (QED) is 0.842. The molecule has 0 unspecified atom stereocenters. The number of hydrogen-bond donors (Lipinski definition) is 0. The van der Waals surface area contributed by atoms with E-state index in [2.05, 4.69) is 22.0 Å². The molecule has 0 amide bonds. The lowest BCUT2D eigenvalue weighted by molar-refractivity contribution is 0.481. The average molecular weight is 299 g/mol. The zero-order valence-electron chi connectivity index (χ0n) is 9.22. The molecule has 0 spiro atoms. The summed E-state index contributed by atoms with van der Waals surface area (Å²) in [5, 5.41) is 17.8. The first-order chi connectivity index (χ1) is 8.72. The molecule has 0 aromatic heterocycles. The van der Waals surface area contributed by atoms with E-state index in [1.54, 1.807) is 42.5 Å². The van der Waals surface area contributed by atoms with Crippen molar-refractivity contribution in [1.29, 1.82) is 10.5 Å². The lowest BCUT2D eigenvalue weighted by Crippen LogP contribution is -1.88. The first kappa shape index (κ1) is 12.2. The largest absolute Gasteiger partial charge is 0.456 e.